The van der Waals surface area contributed by atoms with Gasteiger partial charge in [0.15, 0.2) is 6.10 Å². The SMILES string of the molecule is Cc1ccc(C(=O)OC2O[C@H](COC(=O)c3ccc(Cl)cc3)[C@@](C#C[Si](C)(C)C)(OC(=O)c3ccc(C)cc3)[C@H]2OC(=O)c2ccc(C)cc2)cc1. The van der Waals surface area contributed by atoms with Gasteiger partial charge in [-0.2, -0.15) is 0 Å². The number of hydrogen-bond donors (Lipinski definition) is 0. The van der Waals surface area contributed by atoms with Crippen molar-refractivity contribution >= 4 is 43.6 Å². The van der Waals surface area contributed by atoms with Crippen molar-refractivity contribution in [3.63, 3.8) is 0 Å². The van der Waals surface area contributed by atoms with Crippen LogP contribution in [-0.2, 0) is 23.7 Å². The van der Waals surface area contributed by atoms with Crippen LogP contribution >= 0.6 is 11.6 Å². The van der Waals surface area contributed by atoms with Crippen molar-refractivity contribution in [2.24, 2.45) is 0 Å². The molecule has 0 aromatic heterocycles. The van der Waals surface area contributed by atoms with E-state index in [1.54, 1.807) is 84.9 Å². The maximum Gasteiger partial charge on any atom is 0.340 e. The van der Waals surface area contributed by atoms with Gasteiger partial charge in [-0.25, -0.2) is 19.2 Å². The third-order valence-electron chi connectivity index (χ3n) is 8.11. The van der Waals surface area contributed by atoms with E-state index in [1.807, 2.05) is 40.4 Å². The summed E-state index contributed by atoms with van der Waals surface area (Å²) >= 11 is 6.02. The molecule has 1 heterocycles. The number of benzene rings is 4. The van der Waals surface area contributed by atoms with E-state index in [0.717, 1.165) is 16.7 Å². The molecule has 4 aromatic rings. The van der Waals surface area contributed by atoms with E-state index in [2.05, 4.69) is 11.5 Å². The first kappa shape index (κ1) is 38.0. The topological polar surface area (TPSA) is 114 Å². The van der Waals surface area contributed by atoms with E-state index < -0.39 is 62.7 Å². The Morgan fingerprint density at radius 1 is 0.654 bits per heavy atom. The van der Waals surface area contributed by atoms with Gasteiger partial charge in [0, 0.05) is 5.02 Å². The highest BCUT2D eigenvalue weighted by molar-refractivity contribution is 6.83. The average molecular weight is 739 g/mol. The van der Waals surface area contributed by atoms with E-state index in [0.29, 0.717) is 5.02 Å². The number of halogens is 1. The first-order valence-corrected chi connectivity index (χ1v) is 20.5. The molecule has 0 spiro atoms. The Bertz CT molecular complexity index is 1990. The molecule has 4 aromatic carbocycles. The van der Waals surface area contributed by atoms with Gasteiger partial charge in [0.05, 0.1) is 22.3 Å². The fraction of sp³-hybridized carbons (Fsp3) is 0.268. The first-order valence-electron chi connectivity index (χ1n) is 16.6. The lowest BCUT2D eigenvalue weighted by atomic mass is 9.92. The Morgan fingerprint density at radius 2 is 1.08 bits per heavy atom. The summed E-state index contributed by atoms with van der Waals surface area (Å²) in [5.74, 6) is -0.0504. The lowest BCUT2D eigenvalue weighted by Gasteiger charge is -2.33. The first-order chi connectivity index (χ1) is 24.6. The third-order valence-corrected chi connectivity index (χ3v) is 9.23. The van der Waals surface area contributed by atoms with Crippen molar-refractivity contribution in [1.82, 2.24) is 0 Å². The van der Waals surface area contributed by atoms with Gasteiger partial charge in [0.25, 0.3) is 0 Å². The molecule has 1 fully saturated rings. The molecule has 11 heteroatoms. The fourth-order valence-electron chi connectivity index (χ4n) is 5.16. The highest BCUT2D eigenvalue weighted by atomic mass is 35.5. The zero-order chi connectivity index (χ0) is 37.6. The predicted molar refractivity (Wildman–Crippen MR) is 198 cm³/mol. The lowest BCUT2D eigenvalue weighted by Crippen LogP contribution is -2.54. The summed E-state index contributed by atoms with van der Waals surface area (Å²) in [6, 6.07) is 26.0. The van der Waals surface area contributed by atoms with Gasteiger partial charge in [0.2, 0.25) is 18.0 Å². The molecule has 0 radical (unpaired) electrons. The van der Waals surface area contributed by atoms with Crippen LogP contribution in [0.2, 0.25) is 24.7 Å². The Labute approximate surface area is 309 Å². The van der Waals surface area contributed by atoms with Crippen molar-refractivity contribution in [3.8, 4) is 11.5 Å². The van der Waals surface area contributed by atoms with Gasteiger partial charge in [-0.1, -0.05) is 90.3 Å². The second kappa shape index (κ2) is 16.0. The molecule has 1 unspecified atom stereocenters. The summed E-state index contributed by atoms with van der Waals surface area (Å²) in [5.41, 5.74) is 4.62. The van der Waals surface area contributed by atoms with Crippen molar-refractivity contribution in [1.29, 1.82) is 0 Å². The van der Waals surface area contributed by atoms with Crippen LogP contribution < -0.4 is 0 Å². The molecular formula is C41H39ClO9Si. The predicted octanol–water partition coefficient (Wildman–Crippen LogP) is 7.71. The number of esters is 4. The summed E-state index contributed by atoms with van der Waals surface area (Å²) < 4.78 is 30.3. The van der Waals surface area contributed by atoms with Gasteiger partial charge >= 0.3 is 23.9 Å². The van der Waals surface area contributed by atoms with Crippen LogP contribution in [0.4, 0.5) is 0 Å². The van der Waals surface area contributed by atoms with Crippen LogP contribution in [-0.4, -0.2) is 62.7 Å². The number of ether oxygens (including phenoxy) is 5. The smallest absolute Gasteiger partial charge is 0.340 e. The van der Waals surface area contributed by atoms with E-state index in [-0.39, 0.29) is 22.3 Å². The summed E-state index contributed by atoms with van der Waals surface area (Å²) in [4.78, 5) is 54.6. The molecule has 1 saturated heterocycles. The van der Waals surface area contributed by atoms with Crippen LogP contribution in [0.5, 0.6) is 0 Å². The Morgan fingerprint density at radius 3 is 1.56 bits per heavy atom. The molecule has 0 N–H and O–H groups in total. The number of rotatable bonds is 9. The molecule has 268 valence electrons. The fourth-order valence-corrected chi connectivity index (χ4v) is 5.86. The Hall–Kier alpha value is -5.21. The van der Waals surface area contributed by atoms with Gasteiger partial charge < -0.3 is 23.7 Å². The summed E-state index contributed by atoms with van der Waals surface area (Å²) in [6.45, 7) is 11.0. The summed E-state index contributed by atoms with van der Waals surface area (Å²) in [6.07, 6.45) is -4.67. The number of carbonyl (C=O) groups excluding carboxylic acids is 4. The number of hydrogen-bond acceptors (Lipinski definition) is 9. The molecule has 4 atom stereocenters. The van der Waals surface area contributed by atoms with Gasteiger partial charge in [-0.3, -0.25) is 0 Å². The van der Waals surface area contributed by atoms with E-state index in [1.165, 1.54) is 12.1 Å². The van der Waals surface area contributed by atoms with Crippen LogP contribution in [0.15, 0.2) is 97.1 Å². The average Bonchev–Trinajstić information content (AvgIpc) is 3.37. The molecule has 5 rings (SSSR count). The molecule has 0 saturated carbocycles. The summed E-state index contributed by atoms with van der Waals surface area (Å²) in [7, 11) is -2.27. The van der Waals surface area contributed by atoms with E-state index in [4.69, 9.17) is 35.3 Å². The number of carbonyl (C=O) groups is 4. The Balaban J connectivity index is 1.63. The normalized spacial score (nSPS) is 19.5. The van der Waals surface area contributed by atoms with E-state index in [9.17, 15) is 19.2 Å². The quantitative estimate of drug-likeness (QED) is 0.0738. The molecule has 9 nitrogen and oxygen atoms in total. The largest absolute Gasteiger partial charge is 0.459 e. The van der Waals surface area contributed by atoms with Gasteiger partial charge in [-0.15, -0.1) is 5.54 Å². The van der Waals surface area contributed by atoms with Crippen LogP contribution in [0.25, 0.3) is 0 Å². The molecule has 52 heavy (non-hydrogen) atoms. The summed E-state index contributed by atoms with van der Waals surface area (Å²) in [5, 5.41) is 0.427. The van der Waals surface area contributed by atoms with Gasteiger partial charge in [-0.05, 0) is 81.4 Å². The minimum Gasteiger partial charge on any atom is -0.459 e. The number of aryl methyl sites for hydroxylation is 3. The minimum atomic E-state index is -2.27. The molecular weight excluding hydrogens is 700 g/mol. The maximum atomic E-state index is 14.0. The Kier molecular flexibility index (Phi) is 11.7. The van der Waals surface area contributed by atoms with Crippen molar-refractivity contribution in [3.05, 3.63) is 141 Å². The highest BCUT2D eigenvalue weighted by Gasteiger charge is 2.64. The second-order valence-corrected chi connectivity index (χ2v) is 18.8. The van der Waals surface area contributed by atoms with Crippen molar-refractivity contribution in [2.45, 2.75) is 64.5 Å². The molecule has 0 amide bonds. The van der Waals surface area contributed by atoms with Crippen molar-refractivity contribution in [2.75, 3.05) is 6.61 Å². The van der Waals surface area contributed by atoms with Crippen molar-refractivity contribution < 1.29 is 42.9 Å². The van der Waals surface area contributed by atoms with Crippen LogP contribution in [0.3, 0.4) is 0 Å². The van der Waals surface area contributed by atoms with Crippen LogP contribution in [0, 0.1) is 32.2 Å². The molecule has 1 aliphatic rings. The zero-order valence-corrected chi connectivity index (χ0v) is 31.5. The monoisotopic (exact) mass is 738 g/mol. The maximum absolute atomic E-state index is 14.0. The van der Waals surface area contributed by atoms with Gasteiger partial charge in [0.1, 0.15) is 14.7 Å². The highest BCUT2D eigenvalue weighted by Crippen LogP contribution is 2.39. The van der Waals surface area contributed by atoms with Crippen LogP contribution in [0.1, 0.15) is 58.1 Å². The lowest BCUT2D eigenvalue weighted by molar-refractivity contribution is -0.141. The standard InChI is InChI=1S/C41H39ClO9Si/c1-26-7-13-30(14-8-26)37(44)49-35-40(50-38(45)31-15-9-27(2)10-16-31)48-34(25-47-36(43)29-19-21-33(42)22-20-29)41(35,23-24-52(4,5)6)51-39(46)32-17-11-28(3)12-18-32/h7-22,34-35,40H,25H2,1-6H3/t34-,35+,40?,41-/m1/s1. The third kappa shape index (κ3) is 9.36. The second-order valence-electron chi connectivity index (χ2n) is 13.6. The molecule has 0 aliphatic carbocycles. The molecule has 0 bridgehead atoms. The molecule has 1 aliphatic heterocycles. The zero-order valence-electron chi connectivity index (χ0n) is 29.7. The minimum absolute atomic E-state index is 0.181. The van der Waals surface area contributed by atoms with E-state index >= 15 is 0 Å².